The Morgan fingerprint density at radius 2 is 2.12 bits per heavy atom. The summed E-state index contributed by atoms with van der Waals surface area (Å²) in [5.41, 5.74) is 1.06. The van der Waals surface area contributed by atoms with Crippen LogP contribution in [0.3, 0.4) is 0 Å². The van der Waals surface area contributed by atoms with Crippen molar-refractivity contribution in [2.45, 2.75) is 19.8 Å². The Morgan fingerprint density at radius 1 is 1.29 bits per heavy atom. The van der Waals surface area contributed by atoms with Gasteiger partial charge < -0.3 is 5.32 Å². The Hall–Kier alpha value is -0.940. The van der Waals surface area contributed by atoms with Crippen molar-refractivity contribution >= 4 is 9.84 Å². The fourth-order valence-electron chi connectivity index (χ4n) is 1.45. The van der Waals surface area contributed by atoms with Gasteiger partial charge in [0.05, 0.1) is 5.75 Å². The largest absolute Gasteiger partial charge is 0.316 e. The summed E-state index contributed by atoms with van der Waals surface area (Å²) < 4.78 is 22.4. The number of rotatable bonds is 8. The molecule has 0 unspecified atom stereocenters. The van der Waals surface area contributed by atoms with Crippen LogP contribution in [0.25, 0.3) is 0 Å². The molecule has 1 rings (SSSR count). The van der Waals surface area contributed by atoms with Gasteiger partial charge in [0.25, 0.3) is 0 Å². The molecule has 1 aromatic heterocycles. The molecular weight excluding hydrogens is 236 g/mol. The van der Waals surface area contributed by atoms with Crippen molar-refractivity contribution in [2.75, 3.05) is 24.6 Å². The van der Waals surface area contributed by atoms with Gasteiger partial charge in [-0.1, -0.05) is 13.0 Å². The highest BCUT2D eigenvalue weighted by atomic mass is 32.2. The SMILES string of the molecule is CCS(=O)(=O)CCCNCCc1ccccn1. The van der Waals surface area contributed by atoms with Crippen molar-refractivity contribution in [3.63, 3.8) is 0 Å². The number of sulfone groups is 1. The van der Waals surface area contributed by atoms with Gasteiger partial charge in [-0.2, -0.15) is 0 Å². The molecule has 0 spiro atoms. The molecule has 0 aromatic carbocycles. The third-order valence-electron chi connectivity index (χ3n) is 2.53. The number of hydrogen-bond acceptors (Lipinski definition) is 4. The lowest BCUT2D eigenvalue weighted by atomic mass is 10.3. The third kappa shape index (κ3) is 6.38. The number of hydrogen-bond donors (Lipinski definition) is 1. The molecule has 0 aliphatic heterocycles. The molecule has 0 saturated heterocycles. The summed E-state index contributed by atoms with van der Waals surface area (Å²) in [6, 6.07) is 5.85. The number of pyridine rings is 1. The van der Waals surface area contributed by atoms with Crippen LogP contribution in [-0.4, -0.2) is 38.0 Å². The first-order chi connectivity index (χ1) is 8.14. The summed E-state index contributed by atoms with van der Waals surface area (Å²) in [5.74, 6) is 0.515. The summed E-state index contributed by atoms with van der Waals surface area (Å²) in [5, 5.41) is 3.23. The minimum atomic E-state index is -2.81. The molecule has 0 aliphatic carbocycles. The Balaban J connectivity index is 2.06. The molecule has 17 heavy (non-hydrogen) atoms. The van der Waals surface area contributed by atoms with Crippen molar-refractivity contribution in [2.24, 2.45) is 0 Å². The van der Waals surface area contributed by atoms with Crippen LogP contribution in [0, 0.1) is 0 Å². The summed E-state index contributed by atoms with van der Waals surface area (Å²) in [7, 11) is -2.81. The van der Waals surface area contributed by atoms with Crippen molar-refractivity contribution < 1.29 is 8.42 Å². The van der Waals surface area contributed by atoms with Crippen molar-refractivity contribution in [1.82, 2.24) is 10.3 Å². The Labute approximate surface area is 103 Å². The van der Waals surface area contributed by atoms with Crippen LogP contribution >= 0.6 is 0 Å². The van der Waals surface area contributed by atoms with Gasteiger partial charge in [-0.15, -0.1) is 0 Å². The van der Waals surface area contributed by atoms with Crippen LogP contribution in [-0.2, 0) is 16.3 Å². The third-order valence-corrected chi connectivity index (χ3v) is 4.32. The van der Waals surface area contributed by atoms with Crippen LogP contribution in [0.4, 0.5) is 0 Å². The van der Waals surface area contributed by atoms with Crippen molar-refractivity contribution in [3.8, 4) is 0 Å². The predicted octanol–water partition coefficient (Wildman–Crippen LogP) is 1.04. The molecule has 0 fully saturated rings. The quantitative estimate of drug-likeness (QED) is 0.706. The zero-order chi connectivity index (χ0) is 12.6. The van der Waals surface area contributed by atoms with Crippen molar-refractivity contribution in [3.05, 3.63) is 30.1 Å². The molecule has 0 bridgehead atoms. The van der Waals surface area contributed by atoms with Crippen LogP contribution < -0.4 is 5.32 Å². The normalized spacial score (nSPS) is 11.6. The lowest BCUT2D eigenvalue weighted by Crippen LogP contribution is -2.21. The van der Waals surface area contributed by atoms with E-state index in [1.54, 1.807) is 13.1 Å². The average molecular weight is 256 g/mol. The van der Waals surface area contributed by atoms with Gasteiger partial charge in [0.1, 0.15) is 9.84 Å². The Bertz CT molecular complexity index is 404. The molecule has 96 valence electrons. The van der Waals surface area contributed by atoms with Gasteiger partial charge in [-0.3, -0.25) is 4.98 Å². The van der Waals surface area contributed by atoms with Gasteiger partial charge in [0.15, 0.2) is 0 Å². The second-order valence-corrected chi connectivity index (χ2v) is 6.38. The smallest absolute Gasteiger partial charge is 0.150 e. The Kier molecular flexibility index (Phi) is 6.15. The lowest BCUT2D eigenvalue weighted by Gasteiger charge is -2.04. The van der Waals surface area contributed by atoms with Crippen LogP contribution in [0.5, 0.6) is 0 Å². The highest BCUT2D eigenvalue weighted by molar-refractivity contribution is 7.91. The van der Waals surface area contributed by atoms with Gasteiger partial charge >= 0.3 is 0 Å². The van der Waals surface area contributed by atoms with Crippen LogP contribution in [0.1, 0.15) is 19.0 Å². The topological polar surface area (TPSA) is 59.1 Å². The van der Waals surface area contributed by atoms with Crippen molar-refractivity contribution in [1.29, 1.82) is 0 Å². The van der Waals surface area contributed by atoms with Gasteiger partial charge in [-0.25, -0.2) is 8.42 Å². The van der Waals surface area contributed by atoms with Crippen LogP contribution in [0.15, 0.2) is 24.4 Å². The molecule has 4 nitrogen and oxygen atoms in total. The standard InChI is InChI=1S/C12H20N2O2S/c1-2-17(15,16)11-5-8-13-10-7-12-6-3-4-9-14-12/h3-4,6,9,13H,2,5,7-8,10-11H2,1H3. The predicted molar refractivity (Wildman–Crippen MR) is 69.8 cm³/mol. The van der Waals surface area contributed by atoms with E-state index in [1.165, 1.54) is 0 Å². The van der Waals surface area contributed by atoms with E-state index in [0.717, 1.165) is 25.2 Å². The summed E-state index contributed by atoms with van der Waals surface area (Å²) >= 11 is 0. The minimum absolute atomic E-state index is 0.237. The molecule has 5 heteroatoms. The van der Waals surface area contributed by atoms with Crippen LogP contribution in [0.2, 0.25) is 0 Å². The van der Waals surface area contributed by atoms with Gasteiger partial charge in [-0.05, 0) is 25.1 Å². The molecule has 1 N–H and O–H groups in total. The zero-order valence-electron chi connectivity index (χ0n) is 10.2. The minimum Gasteiger partial charge on any atom is -0.316 e. The second kappa shape index (κ2) is 7.40. The number of aromatic nitrogens is 1. The van der Waals surface area contributed by atoms with E-state index in [2.05, 4.69) is 10.3 Å². The average Bonchev–Trinajstić information content (AvgIpc) is 2.35. The molecule has 1 aromatic rings. The highest BCUT2D eigenvalue weighted by Crippen LogP contribution is 1.94. The monoisotopic (exact) mass is 256 g/mol. The van der Waals surface area contributed by atoms with E-state index in [4.69, 9.17) is 0 Å². The summed E-state index contributed by atoms with van der Waals surface area (Å²) in [4.78, 5) is 4.21. The first-order valence-electron chi connectivity index (χ1n) is 5.95. The molecule has 0 atom stereocenters. The van der Waals surface area contributed by atoms with E-state index in [-0.39, 0.29) is 11.5 Å². The van der Waals surface area contributed by atoms with Gasteiger partial charge in [0.2, 0.25) is 0 Å². The maximum Gasteiger partial charge on any atom is 0.150 e. The van der Waals surface area contributed by atoms with E-state index in [1.807, 2.05) is 18.2 Å². The number of nitrogens with zero attached hydrogens (tertiary/aromatic N) is 1. The van der Waals surface area contributed by atoms with Gasteiger partial charge in [0, 0.05) is 30.6 Å². The number of nitrogens with one attached hydrogen (secondary N) is 1. The molecule has 0 saturated carbocycles. The molecule has 0 aliphatic rings. The molecular formula is C12H20N2O2S. The first-order valence-corrected chi connectivity index (χ1v) is 7.77. The van der Waals surface area contributed by atoms with E-state index >= 15 is 0 Å². The van der Waals surface area contributed by atoms with E-state index in [9.17, 15) is 8.42 Å². The molecule has 0 radical (unpaired) electrons. The maximum atomic E-state index is 11.2. The van der Waals surface area contributed by atoms with E-state index < -0.39 is 9.84 Å². The molecule has 1 heterocycles. The Morgan fingerprint density at radius 3 is 2.76 bits per heavy atom. The first kappa shape index (κ1) is 14.1. The fraction of sp³-hybridized carbons (Fsp3) is 0.583. The highest BCUT2D eigenvalue weighted by Gasteiger charge is 2.05. The summed E-state index contributed by atoms with van der Waals surface area (Å²) in [6.45, 7) is 3.26. The maximum absolute atomic E-state index is 11.2. The zero-order valence-corrected chi connectivity index (χ0v) is 11.0. The molecule has 0 amide bonds. The lowest BCUT2D eigenvalue weighted by molar-refractivity contribution is 0.589. The summed E-state index contributed by atoms with van der Waals surface area (Å²) in [6.07, 6.45) is 3.34. The fourth-order valence-corrected chi connectivity index (χ4v) is 2.32. The van der Waals surface area contributed by atoms with E-state index in [0.29, 0.717) is 6.42 Å². The second-order valence-electron chi connectivity index (χ2n) is 3.91.